The van der Waals surface area contributed by atoms with Crippen molar-refractivity contribution >= 4 is 31.9 Å². The predicted octanol–water partition coefficient (Wildman–Crippen LogP) is 4.45. The summed E-state index contributed by atoms with van der Waals surface area (Å²) < 4.78 is 12.6. The summed E-state index contributed by atoms with van der Waals surface area (Å²) >= 11 is 6.95. The molecule has 112 valence electrons. The van der Waals surface area contributed by atoms with Gasteiger partial charge in [0.05, 0.1) is 19.8 Å². The van der Waals surface area contributed by atoms with Gasteiger partial charge in [-0.25, -0.2) is 0 Å². The molecule has 0 aliphatic heterocycles. The van der Waals surface area contributed by atoms with Crippen molar-refractivity contribution in [3.05, 3.63) is 56.5 Å². The van der Waals surface area contributed by atoms with E-state index < -0.39 is 5.54 Å². The van der Waals surface area contributed by atoms with Crippen molar-refractivity contribution in [1.29, 1.82) is 0 Å². The second-order valence-corrected chi connectivity index (χ2v) is 6.58. The predicted molar refractivity (Wildman–Crippen MR) is 92.0 cm³/mol. The minimum atomic E-state index is -0.680. The van der Waals surface area contributed by atoms with Crippen LogP contribution < -0.4 is 15.2 Å². The van der Waals surface area contributed by atoms with Gasteiger partial charge in [-0.2, -0.15) is 0 Å². The molecule has 0 fully saturated rings. The average Bonchev–Trinajstić information content (AvgIpc) is 2.47. The third-order valence-electron chi connectivity index (χ3n) is 3.49. The molecule has 0 saturated heterocycles. The van der Waals surface area contributed by atoms with Gasteiger partial charge < -0.3 is 15.2 Å². The van der Waals surface area contributed by atoms with Crippen molar-refractivity contribution in [2.75, 3.05) is 14.2 Å². The van der Waals surface area contributed by atoms with Crippen LogP contribution in [-0.4, -0.2) is 14.2 Å². The van der Waals surface area contributed by atoms with E-state index >= 15 is 0 Å². The number of benzene rings is 2. The minimum Gasteiger partial charge on any atom is -0.495 e. The number of rotatable bonds is 4. The highest BCUT2D eigenvalue weighted by atomic mass is 79.9. The molecule has 0 bridgehead atoms. The summed E-state index contributed by atoms with van der Waals surface area (Å²) in [6.45, 7) is 1.97. The fourth-order valence-corrected chi connectivity index (χ4v) is 3.19. The lowest BCUT2D eigenvalue weighted by Crippen LogP contribution is -2.34. The Labute approximate surface area is 141 Å². The van der Waals surface area contributed by atoms with E-state index in [1.165, 1.54) is 0 Å². The third-order valence-corrected chi connectivity index (χ3v) is 4.77. The lowest BCUT2D eigenvalue weighted by molar-refractivity contribution is 0.379. The van der Waals surface area contributed by atoms with Crippen LogP contribution in [0.3, 0.4) is 0 Å². The van der Waals surface area contributed by atoms with Crippen LogP contribution in [0.1, 0.15) is 18.1 Å². The van der Waals surface area contributed by atoms with Crippen LogP contribution in [0.2, 0.25) is 0 Å². The largest absolute Gasteiger partial charge is 0.495 e. The van der Waals surface area contributed by atoms with Crippen molar-refractivity contribution in [3.63, 3.8) is 0 Å². The van der Waals surface area contributed by atoms with Crippen molar-refractivity contribution in [3.8, 4) is 11.5 Å². The molecule has 0 amide bonds. The molecule has 2 aromatic rings. The summed E-state index contributed by atoms with van der Waals surface area (Å²) in [5.41, 5.74) is 7.80. The molecule has 0 aromatic heterocycles. The van der Waals surface area contributed by atoms with Crippen LogP contribution in [0.15, 0.2) is 45.3 Å². The zero-order valence-electron chi connectivity index (χ0n) is 12.1. The molecule has 0 saturated carbocycles. The molecule has 0 aliphatic carbocycles. The lowest BCUT2D eigenvalue weighted by atomic mass is 9.85. The SMILES string of the molecule is COc1ccc(C(C)(N)c2ccc(Br)cc2)c(OC)c1Br. The minimum absolute atomic E-state index is 0.680. The third kappa shape index (κ3) is 3.10. The summed E-state index contributed by atoms with van der Waals surface area (Å²) in [5.74, 6) is 1.39. The maximum atomic E-state index is 6.59. The van der Waals surface area contributed by atoms with Gasteiger partial charge in [-0.1, -0.05) is 28.1 Å². The molecule has 0 heterocycles. The number of halogens is 2. The second kappa shape index (κ2) is 6.38. The van der Waals surface area contributed by atoms with Gasteiger partial charge in [-0.3, -0.25) is 0 Å². The van der Waals surface area contributed by atoms with Crippen LogP contribution in [0.25, 0.3) is 0 Å². The number of hydrogen-bond donors (Lipinski definition) is 1. The molecule has 21 heavy (non-hydrogen) atoms. The van der Waals surface area contributed by atoms with Crippen LogP contribution in [0, 0.1) is 0 Å². The number of nitrogens with two attached hydrogens (primary N) is 1. The molecular weight excluding hydrogens is 398 g/mol. The van der Waals surface area contributed by atoms with Gasteiger partial charge in [0.1, 0.15) is 16.0 Å². The highest BCUT2D eigenvalue weighted by Gasteiger charge is 2.29. The van der Waals surface area contributed by atoms with Gasteiger partial charge in [-0.05, 0) is 52.7 Å². The highest BCUT2D eigenvalue weighted by molar-refractivity contribution is 9.11. The Bertz CT molecular complexity index is 639. The molecule has 1 atom stereocenters. The molecular formula is C16H17Br2NO2. The van der Waals surface area contributed by atoms with Gasteiger partial charge >= 0.3 is 0 Å². The first-order valence-corrected chi connectivity index (χ1v) is 7.96. The number of methoxy groups -OCH3 is 2. The highest BCUT2D eigenvalue weighted by Crippen LogP contribution is 2.42. The summed E-state index contributed by atoms with van der Waals surface area (Å²) in [6, 6.07) is 11.8. The van der Waals surface area contributed by atoms with Gasteiger partial charge in [0.25, 0.3) is 0 Å². The standard InChI is InChI=1S/C16H17Br2NO2/c1-16(19,10-4-6-11(17)7-5-10)12-8-9-13(20-2)14(18)15(12)21-3/h4-9H,19H2,1-3H3. The second-order valence-electron chi connectivity index (χ2n) is 4.87. The summed E-state index contributed by atoms with van der Waals surface area (Å²) in [5, 5.41) is 0. The first-order valence-electron chi connectivity index (χ1n) is 6.37. The number of ether oxygens (including phenoxy) is 2. The Morgan fingerprint density at radius 2 is 1.57 bits per heavy atom. The van der Waals surface area contributed by atoms with Crippen molar-refractivity contribution in [2.45, 2.75) is 12.5 Å². The zero-order chi connectivity index (χ0) is 15.6. The Morgan fingerprint density at radius 3 is 2.10 bits per heavy atom. The van der Waals surface area contributed by atoms with Crippen LogP contribution in [-0.2, 0) is 5.54 Å². The Hall–Kier alpha value is -1.04. The van der Waals surface area contributed by atoms with Crippen molar-refractivity contribution < 1.29 is 9.47 Å². The van der Waals surface area contributed by atoms with E-state index in [-0.39, 0.29) is 0 Å². The van der Waals surface area contributed by atoms with Crippen LogP contribution in [0.5, 0.6) is 11.5 Å². The lowest BCUT2D eigenvalue weighted by Gasteiger charge is -2.28. The Kier molecular flexibility index (Phi) is 4.96. The smallest absolute Gasteiger partial charge is 0.142 e. The molecule has 2 N–H and O–H groups in total. The summed E-state index contributed by atoms with van der Waals surface area (Å²) in [4.78, 5) is 0. The fourth-order valence-electron chi connectivity index (χ4n) is 2.26. The maximum absolute atomic E-state index is 6.59. The molecule has 5 heteroatoms. The fraction of sp³-hybridized carbons (Fsp3) is 0.250. The molecule has 0 spiro atoms. The first kappa shape index (κ1) is 16.3. The van der Waals surface area contributed by atoms with Gasteiger partial charge in [-0.15, -0.1) is 0 Å². The Morgan fingerprint density at radius 1 is 0.952 bits per heavy atom. The summed E-state index contributed by atoms with van der Waals surface area (Å²) in [7, 11) is 3.25. The Balaban J connectivity index is 2.59. The average molecular weight is 415 g/mol. The van der Waals surface area contributed by atoms with E-state index in [1.807, 2.05) is 43.3 Å². The van der Waals surface area contributed by atoms with Gasteiger partial charge in [0.15, 0.2) is 0 Å². The first-order chi connectivity index (χ1) is 9.91. The van der Waals surface area contributed by atoms with Crippen molar-refractivity contribution in [1.82, 2.24) is 0 Å². The van der Waals surface area contributed by atoms with Gasteiger partial charge in [0.2, 0.25) is 0 Å². The maximum Gasteiger partial charge on any atom is 0.142 e. The molecule has 1 unspecified atom stereocenters. The molecule has 0 aliphatic rings. The van der Waals surface area contributed by atoms with E-state index in [1.54, 1.807) is 14.2 Å². The van der Waals surface area contributed by atoms with Crippen LogP contribution >= 0.6 is 31.9 Å². The van der Waals surface area contributed by atoms with E-state index in [9.17, 15) is 0 Å². The number of hydrogen-bond acceptors (Lipinski definition) is 3. The summed E-state index contributed by atoms with van der Waals surface area (Å²) in [6.07, 6.45) is 0. The van der Waals surface area contributed by atoms with E-state index in [0.29, 0.717) is 11.5 Å². The van der Waals surface area contributed by atoms with Crippen LogP contribution in [0.4, 0.5) is 0 Å². The molecule has 2 rings (SSSR count). The van der Waals surface area contributed by atoms with E-state index in [4.69, 9.17) is 15.2 Å². The molecule has 3 nitrogen and oxygen atoms in total. The monoisotopic (exact) mass is 413 g/mol. The van der Waals surface area contributed by atoms with E-state index in [0.717, 1.165) is 20.1 Å². The topological polar surface area (TPSA) is 44.5 Å². The zero-order valence-corrected chi connectivity index (χ0v) is 15.3. The van der Waals surface area contributed by atoms with E-state index in [2.05, 4.69) is 31.9 Å². The quantitative estimate of drug-likeness (QED) is 0.803. The normalized spacial score (nSPS) is 13.6. The molecule has 0 radical (unpaired) electrons. The molecule has 2 aromatic carbocycles. The van der Waals surface area contributed by atoms with Crippen molar-refractivity contribution in [2.24, 2.45) is 5.73 Å². The van der Waals surface area contributed by atoms with Gasteiger partial charge in [0, 0.05) is 10.0 Å².